The summed E-state index contributed by atoms with van der Waals surface area (Å²) >= 11 is 0. The Morgan fingerprint density at radius 2 is 0.776 bits per heavy atom. The molecule has 2 amide bonds. The molecule has 0 atom stereocenters. The van der Waals surface area contributed by atoms with Crippen LogP contribution < -0.4 is 10.6 Å². The fourth-order valence-corrected chi connectivity index (χ4v) is 7.67. The second kappa shape index (κ2) is 14.9. The number of alkyl halides is 6. The normalized spacial score (nSPS) is 14.2. The molecule has 2 aliphatic heterocycles. The molecule has 0 unspecified atom stereocenters. The first-order valence-electron chi connectivity index (χ1n) is 18.1. The van der Waals surface area contributed by atoms with Crippen molar-refractivity contribution >= 4 is 47.1 Å². The van der Waals surface area contributed by atoms with Crippen molar-refractivity contribution in [2.45, 2.75) is 76.6 Å². The zero-order chi connectivity index (χ0) is 42.5. The zero-order valence-corrected chi connectivity index (χ0v) is 31.3. The Hall–Kier alpha value is -6.32. The highest BCUT2D eigenvalue weighted by atomic mass is 19.4. The van der Waals surface area contributed by atoms with Crippen LogP contribution in [-0.2, 0) is 42.2 Å². The van der Waals surface area contributed by atoms with Crippen LogP contribution in [0.3, 0.4) is 0 Å². The van der Waals surface area contributed by atoms with Crippen molar-refractivity contribution in [3.8, 4) is 11.1 Å². The van der Waals surface area contributed by atoms with Crippen molar-refractivity contribution in [2.24, 2.45) is 0 Å². The van der Waals surface area contributed by atoms with Gasteiger partial charge in [0.25, 0.3) is 0 Å². The third kappa shape index (κ3) is 7.00. The van der Waals surface area contributed by atoms with Crippen LogP contribution in [0.25, 0.3) is 11.1 Å². The third-order valence-electron chi connectivity index (χ3n) is 11.1. The number of fused-ring (bicyclic) bond motifs is 2. The predicted molar refractivity (Wildman–Crippen MR) is 196 cm³/mol. The maximum atomic E-state index is 14.7. The molecule has 2 N–H and O–H groups in total. The lowest BCUT2D eigenvalue weighted by atomic mass is 9.74. The number of anilines is 2. The quantitative estimate of drug-likeness (QED) is 0.0867. The highest BCUT2D eigenvalue weighted by Crippen LogP contribution is 2.45. The molecule has 0 fully saturated rings. The van der Waals surface area contributed by atoms with Crippen molar-refractivity contribution in [2.75, 3.05) is 10.6 Å². The topological polar surface area (TPSA) is 145 Å². The maximum absolute atomic E-state index is 14.7. The first-order chi connectivity index (χ1) is 27.2. The van der Waals surface area contributed by atoms with E-state index in [-0.39, 0.29) is 59.3 Å². The van der Waals surface area contributed by atoms with E-state index < -0.39 is 81.1 Å². The Morgan fingerprint density at radius 3 is 1.09 bits per heavy atom. The summed E-state index contributed by atoms with van der Waals surface area (Å²) in [4.78, 5) is 76.1. The number of carbonyl (C=O) groups excluding carboxylic acids is 6. The number of cyclic esters (lactones) is 4. The van der Waals surface area contributed by atoms with Crippen LogP contribution in [0.5, 0.6) is 0 Å². The molecule has 10 nitrogen and oxygen atoms in total. The molecule has 6 rings (SSSR count). The second-order valence-electron chi connectivity index (χ2n) is 13.9. The Morgan fingerprint density at radius 1 is 0.466 bits per heavy atom. The van der Waals surface area contributed by atoms with Gasteiger partial charge in [-0.15, -0.1) is 0 Å². The zero-order valence-electron chi connectivity index (χ0n) is 31.3. The van der Waals surface area contributed by atoms with Crippen LogP contribution in [-0.4, -0.2) is 35.7 Å². The van der Waals surface area contributed by atoms with Gasteiger partial charge in [-0.25, -0.2) is 19.2 Å². The first-order valence-corrected chi connectivity index (χ1v) is 18.1. The lowest BCUT2D eigenvalue weighted by Gasteiger charge is -2.31. The van der Waals surface area contributed by atoms with E-state index in [2.05, 4.69) is 20.1 Å². The average molecular weight is 809 g/mol. The minimum absolute atomic E-state index is 0.00606. The standard InChI is InChI=1S/C42H34F6N2O8/c1-5-39(6-2,21-9-13-27-29(17-21)35(53)57-33(27)51)37(55)49-23-11-15-25(31(19-23)41(43,44)45)26-16-12-24(20-32(26)42(46,47)48)50-38(56)40(7-3,8-4)22-10-14-28-30(18-22)36(54)58-34(28)52/h9-20H,5-8H2,1-4H3,(H,49,55)(H,50,56). The molecule has 0 aliphatic carbocycles. The molecule has 0 saturated heterocycles. The summed E-state index contributed by atoms with van der Waals surface area (Å²) in [7, 11) is 0. The highest BCUT2D eigenvalue weighted by Gasteiger charge is 2.43. The van der Waals surface area contributed by atoms with E-state index in [1.54, 1.807) is 27.7 Å². The molecule has 4 aromatic carbocycles. The molecule has 0 bridgehead atoms. The summed E-state index contributed by atoms with van der Waals surface area (Å²) in [6.07, 6.45) is -9.97. The number of ether oxygens (including phenoxy) is 2. The fraction of sp³-hybridized carbons (Fsp3) is 0.286. The summed E-state index contributed by atoms with van der Waals surface area (Å²) in [5, 5.41) is 4.92. The van der Waals surface area contributed by atoms with Crippen LogP contribution in [0.2, 0.25) is 0 Å². The average Bonchev–Trinajstić information content (AvgIpc) is 3.63. The van der Waals surface area contributed by atoms with Gasteiger partial charge in [0.2, 0.25) is 11.8 Å². The molecule has 2 aliphatic rings. The molecule has 0 radical (unpaired) electrons. The summed E-state index contributed by atoms with van der Waals surface area (Å²) < 4.78 is 97.4. The number of nitrogens with one attached hydrogen (secondary N) is 2. The van der Waals surface area contributed by atoms with Crippen molar-refractivity contribution < 1.29 is 64.6 Å². The van der Waals surface area contributed by atoms with E-state index in [4.69, 9.17) is 0 Å². The monoisotopic (exact) mass is 808 g/mol. The summed E-state index contributed by atoms with van der Waals surface area (Å²) in [6, 6.07) is 12.9. The predicted octanol–water partition coefficient (Wildman–Crippen LogP) is 9.41. The fourth-order valence-electron chi connectivity index (χ4n) is 7.67. The van der Waals surface area contributed by atoms with Crippen molar-refractivity contribution in [3.05, 3.63) is 117 Å². The maximum Gasteiger partial charge on any atom is 0.417 e. The van der Waals surface area contributed by atoms with Gasteiger partial charge >= 0.3 is 36.2 Å². The molecule has 2 heterocycles. The number of esters is 4. The molecule has 302 valence electrons. The van der Waals surface area contributed by atoms with Gasteiger partial charge in [-0.1, -0.05) is 52.0 Å². The van der Waals surface area contributed by atoms with Gasteiger partial charge in [-0.3, -0.25) is 9.59 Å². The van der Waals surface area contributed by atoms with Crippen molar-refractivity contribution in [3.63, 3.8) is 0 Å². The second-order valence-corrected chi connectivity index (χ2v) is 13.9. The van der Waals surface area contributed by atoms with E-state index in [9.17, 15) is 55.1 Å². The SMILES string of the molecule is CCC(CC)(C(=O)Nc1ccc(-c2ccc(NC(=O)C(CC)(CC)c3ccc4c(c3)C(=O)OC4=O)cc2C(F)(F)F)c(C(F)(F)F)c1)c1ccc2c(c1)C(=O)OC2=O. The molecule has 16 heteroatoms. The van der Waals surface area contributed by atoms with Crippen molar-refractivity contribution in [1.82, 2.24) is 0 Å². The van der Waals surface area contributed by atoms with E-state index in [0.717, 1.165) is 24.3 Å². The molecule has 0 spiro atoms. The van der Waals surface area contributed by atoms with E-state index >= 15 is 0 Å². The Balaban J connectivity index is 1.34. The smallest absolute Gasteiger partial charge is 0.386 e. The number of amides is 2. The summed E-state index contributed by atoms with van der Waals surface area (Å²) in [6.45, 7) is 6.58. The lowest BCUT2D eigenvalue weighted by Crippen LogP contribution is -2.39. The minimum Gasteiger partial charge on any atom is -0.386 e. The van der Waals surface area contributed by atoms with Gasteiger partial charge in [0, 0.05) is 11.4 Å². The number of halogens is 6. The van der Waals surface area contributed by atoms with Gasteiger partial charge in [0.1, 0.15) is 0 Å². The molecule has 58 heavy (non-hydrogen) atoms. The molecule has 4 aromatic rings. The molecule has 0 aromatic heterocycles. The lowest BCUT2D eigenvalue weighted by molar-refractivity contribution is -0.139. The van der Waals surface area contributed by atoms with Crippen LogP contribution in [0.1, 0.15) is 117 Å². The summed E-state index contributed by atoms with van der Waals surface area (Å²) in [5.41, 5.74) is -7.82. The number of rotatable bonds is 11. The highest BCUT2D eigenvalue weighted by molar-refractivity contribution is 6.16. The third-order valence-corrected chi connectivity index (χ3v) is 11.1. The van der Waals surface area contributed by atoms with Crippen LogP contribution in [0.4, 0.5) is 37.7 Å². The number of benzene rings is 4. The Bertz CT molecular complexity index is 2240. The van der Waals surface area contributed by atoms with E-state index in [1.807, 2.05) is 0 Å². The van der Waals surface area contributed by atoms with Crippen molar-refractivity contribution in [1.29, 1.82) is 0 Å². The van der Waals surface area contributed by atoms with Gasteiger partial charge in [0.05, 0.1) is 44.2 Å². The van der Waals surface area contributed by atoms with Crippen LogP contribution in [0, 0.1) is 0 Å². The van der Waals surface area contributed by atoms with E-state index in [1.165, 1.54) is 36.4 Å². The molecular weight excluding hydrogens is 774 g/mol. The van der Waals surface area contributed by atoms with Crippen LogP contribution in [0.15, 0.2) is 72.8 Å². The van der Waals surface area contributed by atoms with Gasteiger partial charge in [-0.05, 0) is 96.5 Å². The Kier molecular flexibility index (Phi) is 10.6. The first kappa shape index (κ1) is 41.3. The van der Waals surface area contributed by atoms with Crippen LogP contribution >= 0.6 is 0 Å². The van der Waals surface area contributed by atoms with Gasteiger partial charge in [-0.2, -0.15) is 26.3 Å². The van der Waals surface area contributed by atoms with Gasteiger partial charge in [0.15, 0.2) is 0 Å². The Labute approximate surface area is 326 Å². The van der Waals surface area contributed by atoms with E-state index in [0.29, 0.717) is 23.3 Å². The number of hydrogen-bond donors (Lipinski definition) is 2. The number of hydrogen-bond acceptors (Lipinski definition) is 8. The summed E-state index contributed by atoms with van der Waals surface area (Å²) in [5.74, 6) is -5.09. The molecule has 0 saturated carbocycles. The molecular formula is C42H34F6N2O8. The minimum atomic E-state index is -5.21. The largest absolute Gasteiger partial charge is 0.417 e. The number of carbonyl (C=O) groups is 6. The van der Waals surface area contributed by atoms with Gasteiger partial charge < -0.3 is 20.1 Å².